The number of nitrogens with zero attached hydrogens (tertiary/aromatic N) is 2. The lowest BCUT2D eigenvalue weighted by atomic mass is 9.64. The van der Waals surface area contributed by atoms with Gasteiger partial charge >= 0.3 is 5.97 Å². The summed E-state index contributed by atoms with van der Waals surface area (Å²) in [5, 5.41) is 9.46. The molecule has 0 atom stereocenters. The molecule has 1 saturated heterocycles. The lowest BCUT2D eigenvalue weighted by molar-refractivity contribution is -0.128. The van der Waals surface area contributed by atoms with Crippen LogP contribution in [0.4, 0.5) is 0 Å². The first kappa shape index (κ1) is 23.3. The van der Waals surface area contributed by atoms with Crippen molar-refractivity contribution in [1.82, 2.24) is 9.80 Å². The summed E-state index contributed by atoms with van der Waals surface area (Å²) in [4.78, 5) is 28.6. The molecule has 2 aromatic rings. The Kier molecular flexibility index (Phi) is 6.77. The van der Waals surface area contributed by atoms with E-state index >= 15 is 0 Å². The first-order valence-corrected chi connectivity index (χ1v) is 10.7. The molecule has 6 heteroatoms. The van der Waals surface area contributed by atoms with Gasteiger partial charge in [0.25, 0.3) is 0 Å². The number of carboxylic acids is 1. The molecule has 0 unspecified atom stereocenters. The number of carboxylic acid groups (broad SMARTS) is 1. The fraction of sp³-hybridized carbons (Fsp3) is 0.440. The third kappa shape index (κ3) is 4.35. The van der Waals surface area contributed by atoms with E-state index in [2.05, 4.69) is 49.3 Å². The Morgan fingerprint density at radius 2 is 1.61 bits per heavy atom. The number of carbonyl (C=O) groups is 2. The Morgan fingerprint density at radius 3 is 2.23 bits per heavy atom. The molecular formula is C25H31ClN2O3. The number of aromatic carboxylic acids is 1. The van der Waals surface area contributed by atoms with Gasteiger partial charge in [0.05, 0.1) is 5.56 Å². The van der Waals surface area contributed by atoms with Crippen LogP contribution in [0.15, 0.2) is 54.6 Å². The second-order valence-corrected chi connectivity index (χ2v) is 9.18. The van der Waals surface area contributed by atoms with Crippen molar-refractivity contribution in [1.29, 1.82) is 0 Å². The SMILES string of the molecule is CN(C)[C@]1(c2ccccc2)CC[C@@]2(CC1)CC(=O)N(Cc1ccccc1C(=O)O)C2.Cl. The molecule has 4 rings (SSSR count). The zero-order valence-corrected chi connectivity index (χ0v) is 19.0. The van der Waals surface area contributed by atoms with E-state index in [4.69, 9.17) is 0 Å². The summed E-state index contributed by atoms with van der Waals surface area (Å²) in [6.07, 6.45) is 4.63. The number of halogens is 1. The molecule has 0 bridgehead atoms. The Bertz CT molecular complexity index is 937. The average Bonchev–Trinajstić information content (AvgIpc) is 3.04. The van der Waals surface area contributed by atoms with E-state index in [1.165, 1.54) is 5.56 Å². The molecule has 1 heterocycles. The molecule has 5 nitrogen and oxygen atoms in total. The fourth-order valence-electron chi connectivity index (χ4n) is 5.47. The molecule has 1 N–H and O–H groups in total. The summed E-state index contributed by atoms with van der Waals surface area (Å²) in [5.41, 5.74) is 2.35. The minimum atomic E-state index is -0.941. The Morgan fingerprint density at radius 1 is 1.00 bits per heavy atom. The second kappa shape index (κ2) is 9.01. The molecule has 2 aromatic carbocycles. The standard InChI is InChI=1S/C25H30N2O3.ClH/c1-26(2)25(20-9-4-3-5-10-20)14-12-24(13-15-25)16-22(28)27(18-24)17-19-8-6-7-11-21(19)23(29)30;/h3-11H,12-18H2,1-2H3,(H,29,30);1H/t24-,25-;. The highest BCUT2D eigenvalue weighted by atomic mass is 35.5. The van der Waals surface area contributed by atoms with Crippen molar-refractivity contribution in [2.75, 3.05) is 20.6 Å². The van der Waals surface area contributed by atoms with E-state index in [1.807, 2.05) is 17.0 Å². The summed E-state index contributed by atoms with van der Waals surface area (Å²) >= 11 is 0. The van der Waals surface area contributed by atoms with E-state index in [9.17, 15) is 14.7 Å². The summed E-state index contributed by atoms with van der Waals surface area (Å²) < 4.78 is 0. The number of likely N-dealkylation sites (tertiary alicyclic amines) is 1. The van der Waals surface area contributed by atoms with Gasteiger partial charge in [0, 0.05) is 25.0 Å². The van der Waals surface area contributed by atoms with Gasteiger partial charge in [-0.15, -0.1) is 12.4 Å². The molecule has 0 radical (unpaired) electrons. The third-order valence-electron chi connectivity index (χ3n) is 7.32. The number of hydrogen-bond donors (Lipinski definition) is 1. The van der Waals surface area contributed by atoms with Gasteiger partial charge in [-0.05, 0) is 62.4 Å². The normalized spacial score (nSPS) is 25.6. The zero-order chi connectivity index (χ0) is 21.4. The Hall–Kier alpha value is -2.37. The van der Waals surface area contributed by atoms with Crippen molar-refractivity contribution in [3.05, 3.63) is 71.3 Å². The van der Waals surface area contributed by atoms with E-state index in [0.29, 0.717) is 18.5 Å². The smallest absolute Gasteiger partial charge is 0.336 e. The molecule has 31 heavy (non-hydrogen) atoms. The summed E-state index contributed by atoms with van der Waals surface area (Å²) in [6.45, 7) is 1.10. The monoisotopic (exact) mass is 442 g/mol. The van der Waals surface area contributed by atoms with Crippen LogP contribution in [0.5, 0.6) is 0 Å². The van der Waals surface area contributed by atoms with Gasteiger partial charge in [0.2, 0.25) is 5.91 Å². The molecular weight excluding hydrogens is 412 g/mol. The fourth-order valence-corrected chi connectivity index (χ4v) is 5.47. The predicted octanol–water partition coefficient (Wildman–Crippen LogP) is 4.56. The maximum atomic E-state index is 12.9. The quantitative estimate of drug-likeness (QED) is 0.737. The number of carbonyl (C=O) groups excluding carboxylic acids is 1. The van der Waals surface area contributed by atoms with Crippen molar-refractivity contribution < 1.29 is 14.7 Å². The summed E-state index contributed by atoms with van der Waals surface area (Å²) in [7, 11) is 4.31. The molecule has 166 valence electrons. The van der Waals surface area contributed by atoms with Gasteiger partial charge < -0.3 is 10.0 Å². The maximum Gasteiger partial charge on any atom is 0.336 e. The summed E-state index contributed by atoms with van der Waals surface area (Å²) in [5.74, 6) is -0.796. The van der Waals surface area contributed by atoms with Crippen molar-refractivity contribution in [2.24, 2.45) is 5.41 Å². The number of benzene rings is 2. The minimum absolute atomic E-state index is 0. The molecule has 1 saturated carbocycles. The van der Waals surface area contributed by atoms with Crippen LogP contribution in [0.1, 0.15) is 53.6 Å². The highest BCUT2D eigenvalue weighted by Gasteiger charge is 2.50. The van der Waals surface area contributed by atoms with Crippen molar-refractivity contribution in [2.45, 2.75) is 44.2 Å². The Balaban J connectivity index is 0.00000272. The predicted molar refractivity (Wildman–Crippen MR) is 123 cm³/mol. The number of amides is 1. The number of hydrogen-bond acceptors (Lipinski definition) is 3. The van der Waals surface area contributed by atoms with Crippen LogP contribution < -0.4 is 0 Å². The van der Waals surface area contributed by atoms with E-state index in [1.54, 1.807) is 12.1 Å². The van der Waals surface area contributed by atoms with Crippen LogP contribution in [0.3, 0.4) is 0 Å². The molecule has 1 amide bonds. The van der Waals surface area contributed by atoms with Gasteiger partial charge in [-0.1, -0.05) is 48.5 Å². The topological polar surface area (TPSA) is 60.9 Å². The van der Waals surface area contributed by atoms with Gasteiger partial charge in [0.15, 0.2) is 0 Å². The van der Waals surface area contributed by atoms with Crippen LogP contribution >= 0.6 is 12.4 Å². The van der Waals surface area contributed by atoms with Crippen molar-refractivity contribution >= 4 is 24.3 Å². The van der Waals surface area contributed by atoms with Crippen LogP contribution in [0, 0.1) is 5.41 Å². The lowest BCUT2D eigenvalue weighted by Crippen LogP contribution is -2.47. The highest BCUT2D eigenvalue weighted by Crippen LogP contribution is 2.52. The van der Waals surface area contributed by atoms with E-state index in [0.717, 1.165) is 32.2 Å². The van der Waals surface area contributed by atoms with Gasteiger partial charge in [-0.2, -0.15) is 0 Å². The van der Waals surface area contributed by atoms with Crippen LogP contribution in [0.25, 0.3) is 0 Å². The Labute approximate surface area is 190 Å². The van der Waals surface area contributed by atoms with Gasteiger partial charge in [-0.25, -0.2) is 4.79 Å². The van der Waals surface area contributed by atoms with Crippen LogP contribution in [0.2, 0.25) is 0 Å². The van der Waals surface area contributed by atoms with Crippen molar-refractivity contribution in [3.8, 4) is 0 Å². The van der Waals surface area contributed by atoms with Crippen molar-refractivity contribution in [3.63, 3.8) is 0 Å². The van der Waals surface area contributed by atoms with Crippen LogP contribution in [-0.4, -0.2) is 47.4 Å². The average molecular weight is 443 g/mol. The van der Waals surface area contributed by atoms with Gasteiger partial charge in [-0.3, -0.25) is 9.69 Å². The van der Waals surface area contributed by atoms with Gasteiger partial charge in [0.1, 0.15) is 0 Å². The molecule has 0 aromatic heterocycles. The lowest BCUT2D eigenvalue weighted by Gasteiger charge is -2.48. The molecule has 1 aliphatic carbocycles. The molecule has 1 aliphatic heterocycles. The molecule has 2 fully saturated rings. The minimum Gasteiger partial charge on any atom is -0.478 e. The second-order valence-electron chi connectivity index (χ2n) is 9.18. The van der Waals surface area contributed by atoms with E-state index < -0.39 is 5.97 Å². The third-order valence-corrected chi connectivity index (χ3v) is 7.32. The number of rotatable bonds is 5. The first-order chi connectivity index (χ1) is 14.4. The van der Waals surface area contributed by atoms with E-state index in [-0.39, 0.29) is 34.8 Å². The maximum absolute atomic E-state index is 12.9. The largest absolute Gasteiger partial charge is 0.478 e. The zero-order valence-electron chi connectivity index (χ0n) is 18.2. The first-order valence-electron chi connectivity index (χ1n) is 10.7. The molecule has 2 aliphatic rings. The summed E-state index contributed by atoms with van der Waals surface area (Å²) in [6, 6.07) is 17.7. The van der Waals surface area contributed by atoms with Crippen LogP contribution in [-0.2, 0) is 16.9 Å². The molecule has 1 spiro atoms. The highest BCUT2D eigenvalue weighted by molar-refractivity contribution is 5.89.